The smallest absolute Gasteiger partial charge is 0.238 e. The summed E-state index contributed by atoms with van der Waals surface area (Å²) in [5.74, 6) is -0.0512. The second-order valence-electron chi connectivity index (χ2n) is 5.63. The third kappa shape index (κ3) is 4.12. The highest BCUT2D eigenvalue weighted by atomic mass is 35.5. The first-order chi connectivity index (χ1) is 10.0. The monoisotopic (exact) mass is 328 g/mol. The van der Waals surface area contributed by atoms with Crippen molar-refractivity contribution in [3.8, 4) is 0 Å². The van der Waals surface area contributed by atoms with E-state index in [-0.39, 0.29) is 5.91 Å². The van der Waals surface area contributed by atoms with E-state index in [2.05, 4.69) is 17.1 Å². The van der Waals surface area contributed by atoms with Gasteiger partial charge in [-0.15, -0.1) is 0 Å². The number of carbonyl (C=O) groups is 1. The fourth-order valence-corrected chi connectivity index (χ4v) is 3.33. The van der Waals surface area contributed by atoms with E-state index in [1.54, 1.807) is 6.07 Å². The number of hydrogen-bond acceptors (Lipinski definition) is 2. The molecule has 1 heterocycles. The minimum atomic E-state index is -0.0512. The first-order valence-corrected chi connectivity index (χ1v) is 8.27. The summed E-state index contributed by atoms with van der Waals surface area (Å²) in [7, 11) is 0. The van der Waals surface area contributed by atoms with E-state index >= 15 is 0 Å². The van der Waals surface area contributed by atoms with Crippen LogP contribution in [-0.2, 0) is 4.79 Å². The number of likely N-dealkylation sites (tertiary alicyclic amines) is 1. The maximum Gasteiger partial charge on any atom is 0.238 e. The number of halogens is 2. The van der Waals surface area contributed by atoms with Crippen LogP contribution in [-0.4, -0.2) is 29.9 Å². The summed E-state index contributed by atoms with van der Waals surface area (Å²) in [6.45, 7) is 5.46. The van der Waals surface area contributed by atoms with Crippen molar-refractivity contribution in [3.63, 3.8) is 0 Å². The summed E-state index contributed by atoms with van der Waals surface area (Å²) in [5, 5.41) is 3.86. The minimum absolute atomic E-state index is 0.0512. The zero-order chi connectivity index (χ0) is 15.4. The Morgan fingerprint density at radius 1 is 1.38 bits per heavy atom. The molecule has 2 rings (SSSR count). The van der Waals surface area contributed by atoms with Crippen molar-refractivity contribution in [1.82, 2.24) is 4.90 Å². The maximum absolute atomic E-state index is 12.3. The van der Waals surface area contributed by atoms with Crippen molar-refractivity contribution in [2.75, 3.05) is 18.4 Å². The van der Waals surface area contributed by atoms with Crippen LogP contribution in [0.5, 0.6) is 0 Å². The summed E-state index contributed by atoms with van der Waals surface area (Å²) < 4.78 is 0. The maximum atomic E-state index is 12.3. The molecule has 116 valence electrons. The van der Waals surface area contributed by atoms with Crippen molar-refractivity contribution < 1.29 is 4.79 Å². The third-order valence-electron chi connectivity index (χ3n) is 4.12. The van der Waals surface area contributed by atoms with Crippen LogP contribution >= 0.6 is 23.2 Å². The molecule has 1 aliphatic rings. The molecule has 1 aromatic carbocycles. The Hall–Kier alpha value is -0.770. The predicted molar refractivity (Wildman–Crippen MR) is 89.3 cm³/mol. The molecule has 5 heteroatoms. The van der Waals surface area contributed by atoms with E-state index in [9.17, 15) is 4.79 Å². The molecular formula is C16H22Cl2N2O. The number of rotatable bonds is 4. The van der Waals surface area contributed by atoms with Crippen molar-refractivity contribution in [1.29, 1.82) is 0 Å². The van der Waals surface area contributed by atoms with Gasteiger partial charge in [0.25, 0.3) is 0 Å². The van der Waals surface area contributed by atoms with Gasteiger partial charge in [0, 0.05) is 6.04 Å². The molecule has 1 saturated heterocycles. The van der Waals surface area contributed by atoms with Gasteiger partial charge in [0.2, 0.25) is 5.91 Å². The van der Waals surface area contributed by atoms with Crippen LogP contribution in [0.3, 0.4) is 0 Å². The lowest BCUT2D eigenvalue weighted by Gasteiger charge is -2.34. The first kappa shape index (κ1) is 16.6. The summed E-state index contributed by atoms with van der Waals surface area (Å²) in [6, 6.07) is 4.11. The van der Waals surface area contributed by atoms with Gasteiger partial charge in [0.05, 0.1) is 22.3 Å². The lowest BCUT2D eigenvalue weighted by molar-refractivity contribution is -0.118. The van der Waals surface area contributed by atoms with Crippen molar-refractivity contribution in [2.45, 2.75) is 45.6 Å². The zero-order valence-corrected chi connectivity index (χ0v) is 14.1. The van der Waals surface area contributed by atoms with Crippen LogP contribution < -0.4 is 5.32 Å². The van der Waals surface area contributed by atoms with Gasteiger partial charge in [-0.3, -0.25) is 9.69 Å². The van der Waals surface area contributed by atoms with Crippen molar-refractivity contribution in [3.05, 3.63) is 27.7 Å². The van der Waals surface area contributed by atoms with Crippen LogP contribution in [0.25, 0.3) is 0 Å². The van der Waals surface area contributed by atoms with Gasteiger partial charge in [0.1, 0.15) is 0 Å². The average Bonchev–Trinajstić information content (AvgIpc) is 2.48. The van der Waals surface area contributed by atoms with E-state index in [4.69, 9.17) is 23.2 Å². The molecule has 0 radical (unpaired) electrons. The highest BCUT2D eigenvalue weighted by Crippen LogP contribution is 2.33. The Bertz CT molecular complexity index is 519. The van der Waals surface area contributed by atoms with E-state index in [0.29, 0.717) is 28.3 Å². The normalized spacial score (nSPS) is 19.5. The number of piperidine rings is 1. The van der Waals surface area contributed by atoms with E-state index in [0.717, 1.165) is 24.9 Å². The molecule has 21 heavy (non-hydrogen) atoms. The van der Waals surface area contributed by atoms with E-state index in [1.807, 2.05) is 13.0 Å². The molecule has 0 aliphatic carbocycles. The molecule has 1 fully saturated rings. The Kier molecular flexibility index (Phi) is 5.91. The van der Waals surface area contributed by atoms with E-state index in [1.165, 1.54) is 12.8 Å². The van der Waals surface area contributed by atoms with Gasteiger partial charge in [-0.25, -0.2) is 0 Å². The standard InChI is InChI=1S/C16H22Cl2N2O/c1-3-12-6-4-5-9-20(12)10-14(21)19-16-13(17)8-7-11(2)15(16)18/h7-8,12H,3-6,9-10H2,1-2H3,(H,19,21). The molecule has 0 bridgehead atoms. The van der Waals surface area contributed by atoms with Gasteiger partial charge in [0.15, 0.2) is 0 Å². The molecule has 1 N–H and O–H groups in total. The first-order valence-electron chi connectivity index (χ1n) is 7.51. The third-order valence-corrected chi connectivity index (χ3v) is 4.92. The second-order valence-corrected chi connectivity index (χ2v) is 6.41. The number of anilines is 1. The van der Waals surface area contributed by atoms with Crippen LogP contribution in [0.4, 0.5) is 5.69 Å². The van der Waals surface area contributed by atoms with Gasteiger partial charge in [-0.05, 0) is 44.4 Å². The molecule has 3 nitrogen and oxygen atoms in total. The SMILES string of the molecule is CCC1CCCCN1CC(=O)Nc1c(Cl)ccc(C)c1Cl. The molecule has 0 spiro atoms. The largest absolute Gasteiger partial charge is 0.322 e. The molecule has 1 amide bonds. The fraction of sp³-hybridized carbons (Fsp3) is 0.562. The predicted octanol–water partition coefficient (Wildman–Crippen LogP) is 4.50. The number of nitrogens with zero attached hydrogens (tertiary/aromatic N) is 1. The highest BCUT2D eigenvalue weighted by Gasteiger charge is 2.23. The van der Waals surface area contributed by atoms with E-state index < -0.39 is 0 Å². The Labute approximate surface area is 136 Å². The van der Waals surface area contributed by atoms with Gasteiger partial charge < -0.3 is 5.32 Å². The van der Waals surface area contributed by atoms with Gasteiger partial charge in [-0.1, -0.05) is 42.6 Å². The summed E-state index contributed by atoms with van der Waals surface area (Å²) in [4.78, 5) is 14.5. The van der Waals surface area contributed by atoms with Gasteiger partial charge in [-0.2, -0.15) is 0 Å². The number of aryl methyl sites for hydroxylation is 1. The van der Waals surface area contributed by atoms with Crippen LogP contribution in [0, 0.1) is 6.92 Å². The minimum Gasteiger partial charge on any atom is -0.322 e. The number of carbonyl (C=O) groups excluding carboxylic acids is 1. The molecular weight excluding hydrogens is 307 g/mol. The highest BCUT2D eigenvalue weighted by molar-refractivity contribution is 6.40. The van der Waals surface area contributed by atoms with Crippen LogP contribution in [0.15, 0.2) is 12.1 Å². The quantitative estimate of drug-likeness (QED) is 0.882. The number of benzene rings is 1. The number of nitrogens with one attached hydrogen (secondary N) is 1. The van der Waals surface area contributed by atoms with Crippen LogP contribution in [0.1, 0.15) is 38.2 Å². The molecule has 1 aromatic rings. The summed E-state index contributed by atoms with van der Waals surface area (Å²) in [5.41, 5.74) is 1.43. The topological polar surface area (TPSA) is 32.3 Å². The zero-order valence-electron chi connectivity index (χ0n) is 12.6. The van der Waals surface area contributed by atoms with Crippen molar-refractivity contribution >= 4 is 34.8 Å². The lowest BCUT2D eigenvalue weighted by atomic mass is 10.00. The van der Waals surface area contributed by atoms with Gasteiger partial charge >= 0.3 is 0 Å². The molecule has 0 saturated carbocycles. The molecule has 1 atom stereocenters. The Morgan fingerprint density at radius 3 is 2.86 bits per heavy atom. The Morgan fingerprint density at radius 2 is 2.14 bits per heavy atom. The lowest BCUT2D eigenvalue weighted by Crippen LogP contribution is -2.43. The summed E-state index contributed by atoms with van der Waals surface area (Å²) in [6.07, 6.45) is 4.68. The molecule has 0 aromatic heterocycles. The fourth-order valence-electron chi connectivity index (χ4n) is 2.87. The average molecular weight is 329 g/mol. The van der Waals surface area contributed by atoms with Crippen molar-refractivity contribution in [2.24, 2.45) is 0 Å². The molecule has 1 aliphatic heterocycles. The molecule has 1 unspecified atom stereocenters. The van der Waals surface area contributed by atoms with Crippen LogP contribution in [0.2, 0.25) is 10.0 Å². The Balaban J connectivity index is 2.03. The second kappa shape index (κ2) is 7.48. The number of hydrogen-bond donors (Lipinski definition) is 1. The number of amides is 1. The summed E-state index contributed by atoms with van der Waals surface area (Å²) >= 11 is 12.4.